The van der Waals surface area contributed by atoms with Crippen molar-refractivity contribution < 1.29 is 19.4 Å². The Bertz CT molecular complexity index is 517. The van der Waals surface area contributed by atoms with Crippen LogP contribution in [0.15, 0.2) is 5.03 Å². The van der Waals surface area contributed by atoms with Gasteiger partial charge in [-0.1, -0.05) is 18.7 Å². The lowest BCUT2D eigenvalue weighted by Crippen LogP contribution is -2.15. The first kappa shape index (κ1) is 16.4. The van der Waals surface area contributed by atoms with Crippen LogP contribution in [0.2, 0.25) is 0 Å². The fourth-order valence-corrected chi connectivity index (χ4v) is 2.41. The number of ether oxygens (including phenoxy) is 1. The molecular weight excluding hydrogens is 280 g/mol. The molecule has 110 valence electrons. The van der Waals surface area contributed by atoms with Crippen molar-refractivity contribution >= 4 is 23.7 Å². The molecule has 0 aromatic carbocycles. The summed E-state index contributed by atoms with van der Waals surface area (Å²) in [7, 11) is 0. The molecule has 0 amide bonds. The minimum atomic E-state index is -1.09. The van der Waals surface area contributed by atoms with Crippen molar-refractivity contribution in [1.29, 1.82) is 0 Å². The average molecular weight is 298 g/mol. The second-order valence-corrected chi connectivity index (χ2v) is 5.36. The van der Waals surface area contributed by atoms with Crippen LogP contribution in [0.1, 0.15) is 42.6 Å². The number of carbonyl (C=O) groups excluding carboxylic acids is 1. The maximum atomic E-state index is 11.5. The summed E-state index contributed by atoms with van der Waals surface area (Å²) in [5.74, 6) is -0.898. The predicted octanol–water partition coefficient (Wildman–Crippen LogP) is 2.09. The number of aromatic carboxylic acids is 1. The zero-order valence-corrected chi connectivity index (χ0v) is 12.8. The Kier molecular flexibility index (Phi) is 5.94. The van der Waals surface area contributed by atoms with E-state index in [9.17, 15) is 14.7 Å². The van der Waals surface area contributed by atoms with Gasteiger partial charge in [0, 0.05) is 6.42 Å². The van der Waals surface area contributed by atoms with Crippen LogP contribution < -0.4 is 0 Å². The highest BCUT2D eigenvalue weighted by Gasteiger charge is 2.19. The van der Waals surface area contributed by atoms with E-state index < -0.39 is 11.9 Å². The van der Waals surface area contributed by atoms with Gasteiger partial charge in [0.25, 0.3) is 0 Å². The Morgan fingerprint density at radius 1 is 1.35 bits per heavy atom. The van der Waals surface area contributed by atoms with E-state index >= 15 is 0 Å². The maximum Gasteiger partial charge on any atom is 0.340 e. The molecule has 0 spiro atoms. The van der Waals surface area contributed by atoms with E-state index in [4.69, 9.17) is 4.74 Å². The summed E-state index contributed by atoms with van der Waals surface area (Å²) in [4.78, 5) is 31.1. The first-order valence-electron chi connectivity index (χ1n) is 6.28. The molecule has 20 heavy (non-hydrogen) atoms. The number of esters is 1. The van der Waals surface area contributed by atoms with Crippen molar-refractivity contribution in [1.82, 2.24) is 9.97 Å². The van der Waals surface area contributed by atoms with Gasteiger partial charge in [0.2, 0.25) is 0 Å². The average Bonchev–Trinajstić information content (AvgIpc) is 2.34. The smallest absolute Gasteiger partial charge is 0.340 e. The lowest BCUT2D eigenvalue weighted by molar-refractivity contribution is -0.144. The summed E-state index contributed by atoms with van der Waals surface area (Å²) >= 11 is 1.06. The molecule has 1 aromatic rings. The number of rotatable bonds is 6. The molecule has 1 heterocycles. The highest BCUT2D eigenvalue weighted by atomic mass is 32.2. The van der Waals surface area contributed by atoms with Crippen LogP contribution in [-0.4, -0.2) is 38.9 Å². The van der Waals surface area contributed by atoms with Crippen LogP contribution in [0.5, 0.6) is 0 Å². The zero-order chi connectivity index (χ0) is 15.3. The Balaban J connectivity index is 2.95. The Hall–Kier alpha value is -1.63. The van der Waals surface area contributed by atoms with Gasteiger partial charge in [-0.2, -0.15) is 0 Å². The summed E-state index contributed by atoms with van der Waals surface area (Å²) in [6.07, 6.45) is 0.408. The number of aromatic nitrogens is 2. The minimum absolute atomic E-state index is 0.0259. The third-order valence-electron chi connectivity index (χ3n) is 2.33. The molecule has 0 radical (unpaired) electrons. The highest BCUT2D eigenvalue weighted by Crippen LogP contribution is 2.23. The van der Waals surface area contributed by atoms with Gasteiger partial charge in [-0.25, -0.2) is 14.8 Å². The number of aryl methyl sites for hydroxylation is 2. The van der Waals surface area contributed by atoms with Crippen molar-refractivity contribution in [2.45, 2.75) is 45.2 Å². The van der Waals surface area contributed by atoms with Crippen molar-refractivity contribution in [2.75, 3.05) is 5.75 Å². The van der Waals surface area contributed by atoms with Gasteiger partial charge >= 0.3 is 11.9 Å². The molecule has 0 saturated carbocycles. The van der Waals surface area contributed by atoms with Crippen LogP contribution in [0.3, 0.4) is 0 Å². The summed E-state index contributed by atoms with van der Waals surface area (Å²) < 4.78 is 5.01. The SMILES string of the molecule is CCc1nc(C)c(C(=O)O)c(SCC(=O)OC(C)C)n1. The molecule has 0 saturated heterocycles. The summed E-state index contributed by atoms with van der Waals surface area (Å²) in [5, 5.41) is 9.52. The van der Waals surface area contributed by atoms with Crippen LogP contribution in [0.25, 0.3) is 0 Å². The number of hydrogen-bond donors (Lipinski definition) is 1. The lowest BCUT2D eigenvalue weighted by atomic mass is 10.2. The molecular formula is C13H18N2O4S. The van der Waals surface area contributed by atoms with E-state index in [0.717, 1.165) is 11.8 Å². The number of carbonyl (C=O) groups is 2. The van der Waals surface area contributed by atoms with E-state index in [2.05, 4.69) is 9.97 Å². The number of thioether (sulfide) groups is 1. The molecule has 1 aromatic heterocycles. The van der Waals surface area contributed by atoms with Crippen molar-refractivity contribution in [2.24, 2.45) is 0 Å². The molecule has 1 rings (SSSR count). The van der Waals surface area contributed by atoms with E-state index in [1.165, 1.54) is 0 Å². The van der Waals surface area contributed by atoms with Crippen LogP contribution in [0.4, 0.5) is 0 Å². The second kappa shape index (κ2) is 7.23. The first-order valence-corrected chi connectivity index (χ1v) is 7.26. The van der Waals surface area contributed by atoms with Crippen molar-refractivity contribution in [3.63, 3.8) is 0 Å². The van der Waals surface area contributed by atoms with Crippen LogP contribution in [0, 0.1) is 6.92 Å². The standard InChI is InChI=1S/C13H18N2O4S/c1-5-9-14-8(4)11(13(17)18)12(15-9)20-6-10(16)19-7(2)3/h7H,5-6H2,1-4H3,(H,17,18). The first-order chi connectivity index (χ1) is 9.35. The molecule has 0 fully saturated rings. The number of nitrogens with zero attached hydrogens (tertiary/aromatic N) is 2. The number of carboxylic acids is 1. The van der Waals surface area contributed by atoms with Gasteiger partial charge in [-0.05, 0) is 20.8 Å². The summed E-state index contributed by atoms with van der Waals surface area (Å²) in [5.41, 5.74) is 0.452. The van der Waals surface area contributed by atoms with Gasteiger partial charge in [-0.3, -0.25) is 4.79 Å². The molecule has 0 unspecified atom stereocenters. The van der Waals surface area contributed by atoms with Crippen LogP contribution in [-0.2, 0) is 16.0 Å². The van der Waals surface area contributed by atoms with Crippen molar-refractivity contribution in [3.05, 3.63) is 17.1 Å². The van der Waals surface area contributed by atoms with E-state index in [0.29, 0.717) is 23.0 Å². The molecule has 0 atom stereocenters. The largest absolute Gasteiger partial charge is 0.478 e. The second-order valence-electron chi connectivity index (χ2n) is 4.39. The Morgan fingerprint density at radius 2 is 2.00 bits per heavy atom. The third-order valence-corrected chi connectivity index (χ3v) is 3.28. The van der Waals surface area contributed by atoms with Gasteiger partial charge < -0.3 is 9.84 Å². The third kappa shape index (κ3) is 4.48. The fourth-order valence-electron chi connectivity index (χ4n) is 1.54. The van der Waals surface area contributed by atoms with E-state index in [-0.39, 0.29) is 17.4 Å². The van der Waals surface area contributed by atoms with Gasteiger partial charge in [0.15, 0.2) is 0 Å². The van der Waals surface area contributed by atoms with E-state index in [1.807, 2.05) is 6.92 Å². The van der Waals surface area contributed by atoms with Gasteiger partial charge in [0.1, 0.15) is 16.4 Å². The van der Waals surface area contributed by atoms with Crippen LogP contribution >= 0.6 is 11.8 Å². The van der Waals surface area contributed by atoms with Crippen molar-refractivity contribution in [3.8, 4) is 0 Å². The molecule has 0 aliphatic heterocycles. The number of carboxylic acid groups (broad SMARTS) is 1. The predicted molar refractivity (Wildman–Crippen MR) is 75.1 cm³/mol. The number of hydrogen-bond acceptors (Lipinski definition) is 6. The van der Waals surface area contributed by atoms with Gasteiger partial charge in [0.05, 0.1) is 17.6 Å². The molecule has 7 heteroatoms. The maximum absolute atomic E-state index is 11.5. The fraction of sp³-hybridized carbons (Fsp3) is 0.538. The summed E-state index contributed by atoms with van der Waals surface area (Å²) in [6.45, 7) is 7.03. The van der Waals surface area contributed by atoms with E-state index in [1.54, 1.807) is 20.8 Å². The highest BCUT2D eigenvalue weighted by molar-refractivity contribution is 8.00. The quantitative estimate of drug-likeness (QED) is 0.488. The lowest BCUT2D eigenvalue weighted by Gasteiger charge is -2.10. The Morgan fingerprint density at radius 3 is 2.50 bits per heavy atom. The summed E-state index contributed by atoms with van der Waals surface area (Å²) in [6, 6.07) is 0. The molecule has 0 bridgehead atoms. The topological polar surface area (TPSA) is 89.4 Å². The minimum Gasteiger partial charge on any atom is -0.478 e. The molecule has 0 aliphatic rings. The normalized spacial score (nSPS) is 10.7. The zero-order valence-electron chi connectivity index (χ0n) is 12.0. The van der Waals surface area contributed by atoms with Gasteiger partial charge in [-0.15, -0.1) is 0 Å². The molecule has 0 aliphatic carbocycles. The molecule has 1 N–H and O–H groups in total. The molecule has 6 nitrogen and oxygen atoms in total. The Labute approximate surface area is 122 Å². The monoisotopic (exact) mass is 298 g/mol.